The summed E-state index contributed by atoms with van der Waals surface area (Å²) in [5.41, 5.74) is 11.1. The molecule has 0 fully saturated rings. The molecule has 0 saturated heterocycles. The standard InChI is InChI=1S/C26H34N2O5/c1-16(2)15-32-26(30)33-20-12-17(3)24(18(4)13-20)21(27)14-23(29)28-11-7-9-19-8-6-10-22(31-5)25(19)28/h6,8,10,12-13,16,21H,7,9,11,14-15,27H2,1-5H3. The molecular weight excluding hydrogens is 420 g/mol. The maximum absolute atomic E-state index is 13.3. The molecule has 7 heteroatoms. The van der Waals surface area contributed by atoms with Crippen LogP contribution in [0.15, 0.2) is 30.3 Å². The Morgan fingerprint density at radius 2 is 1.85 bits per heavy atom. The number of carbonyl (C=O) groups is 2. The van der Waals surface area contributed by atoms with Gasteiger partial charge < -0.3 is 24.8 Å². The van der Waals surface area contributed by atoms with Gasteiger partial charge in [-0.1, -0.05) is 26.0 Å². The zero-order chi connectivity index (χ0) is 24.1. The minimum Gasteiger partial charge on any atom is -0.495 e. The number of aryl methyl sites for hydroxylation is 3. The molecule has 1 amide bonds. The Kier molecular flexibility index (Phi) is 7.97. The van der Waals surface area contributed by atoms with Crippen LogP contribution >= 0.6 is 0 Å². The summed E-state index contributed by atoms with van der Waals surface area (Å²) in [6.45, 7) is 8.65. The van der Waals surface area contributed by atoms with E-state index in [9.17, 15) is 9.59 Å². The van der Waals surface area contributed by atoms with Crippen molar-refractivity contribution in [1.82, 2.24) is 0 Å². The molecule has 1 atom stereocenters. The van der Waals surface area contributed by atoms with Gasteiger partial charge in [0.05, 0.1) is 19.4 Å². The third-order valence-electron chi connectivity index (χ3n) is 5.77. The van der Waals surface area contributed by atoms with E-state index in [4.69, 9.17) is 19.9 Å². The number of carbonyl (C=O) groups excluding carboxylic acids is 2. The highest BCUT2D eigenvalue weighted by Gasteiger charge is 2.28. The highest BCUT2D eigenvalue weighted by molar-refractivity contribution is 5.96. The van der Waals surface area contributed by atoms with Crippen LogP contribution in [0.1, 0.15) is 55.0 Å². The van der Waals surface area contributed by atoms with Gasteiger partial charge in [0.15, 0.2) is 0 Å². The highest BCUT2D eigenvalue weighted by atomic mass is 16.7. The van der Waals surface area contributed by atoms with Crippen molar-refractivity contribution in [3.8, 4) is 11.5 Å². The lowest BCUT2D eigenvalue weighted by Crippen LogP contribution is -2.37. The first-order chi connectivity index (χ1) is 15.7. The van der Waals surface area contributed by atoms with Crippen LogP contribution in [0.25, 0.3) is 0 Å². The summed E-state index contributed by atoms with van der Waals surface area (Å²) in [6.07, 6.45) is 1.25. The summed E-state index contributed by atoms with van der Waals surface area (Å²) >= 11 is 0. The molecule has 0 spiro atoms. The second kappa shape index (κ2) is 10.7. The topological polar surface area (TPSA) is 91.1 Å². The molecule has 1 aliphatic heterocycles. The number of nitrogens with zero attached hydrogens (tertiary/aromatic N) is 1. The Labute approximate surface area is 195 Å². The fourth-order valence-corrected chi connectivity index (χ4v) is 4.37. The number of hydrogen-bond donors (Lipinski definition) is 1. The van der Waals surface area contributed by atoms with Crippen LogP contribution in [-0.4, -0.2) is 32.3 Å². The number of benzene rings is 2. The Morgan fingerprint density at radius 1 is 1.15 bits per heavy atom. The summed E-state index contributed by atoms with van der Waals surface area (Å²) in [7, 11) is 1.62. The third-order valence-corrected chi connectivity index (χ3v) is 5.77. The van der Waals surface area contributed by atoms with Crippen molar-refractivity contribution in [1.29, 1.82) is 0 Å². The molecule has 2 N–H and O–H groups in total. The zero-order valence-electron chi connectivity index (χ0n) is 20.1. The quantitative estimate of drug-likeness (QED) is 0.475. The Balaban J connectivity index is 1.74. The van der Waals surface area contributed by atoms with Crippen LogP contribution in [-0.2, 0) is 16.0 Å². The lowest BCUT2D eigenvalue weighted by molar-refractivity contribution is -0.119. The minimum absolute atomic E-state index is 0.0376. The van der Waals surface area contributed by atoms with Crippen molar-refractivity contribution in [2.75, 3.05) is 25.2 Å². The molecule has 0 aromatic heterocycles. The highest BCUT2D eigenvalue weighted by Crippen LogP contribution is 2.37. The fourth-order valence-electron chi connectivity index (χ4n) is 4.37. The van der Waals surface area contributed by atoms with Crippen LogP contribution in [0.4, 0.5) is 10.5 Å². The van der Waals surface area contributed by atoms with Gasteiger partial charge in [-0.2, -0.15) is 0 Å². The van der Waals surface area contributed by atoms with Gasteiger partial charge in [0, 0.05) is 19.0 Å². The monoisotopic (exact) mass is 454 g/mol. The largest absolute Gasteiger partial charge is 0.513 e. The molecule has 2 aromatic rings. The first-order valence-electron chi connectivity index (χ1n) is 11.4. The number of ether oxygens (including phenoxy) is 3. The van der Waals surface area contributed by atoms with Crippen molar-refractivity contribution >= 4 is 17.7 Å². The van der Waals surface area contributed by atoms with Gasteiger partial charge in [0.25, 0.3) is 0 Å². The molecule has 1 unspecified atom stereocenters. The predicted octanol–water partition coefficient (Wildman–Crippen LogP) is 4.85. The maximum Gasteiger partial charge on any atom is 0.513 e. The van der Waals surface area contributed by atoms with Gasteiger partial charge in [0.1, 0.15) is 11.5 Å². The van der Waals surface area contributed by atoms with Crippen LogP contribution < -0.4 is 20.1 Å². The normalized spacial score (nSPS) is 14.0. The van der Waals surface area contributed by atoms with E-state index in [1.807, 2.05) is 45.9 Å². The van der Waals surface area contributed by atoms with Gasteiger partial charge in [-0.05, 0) is 73.1 Å². The average molecular weight is 455 g/mol. The SMILES string of the molecule is COc1cccc2c1N(C(=O)CC(N)c1c(C)cc(OC(=O)OCC(C)C)cc1C)CCC2. The molecule has 0 radical (unpaired) electrons. The van der Waals surface area contributed by atoms with Crippen molar-refractivity contribution in [3.63, 3.8) is 0 Å². The van der Waals surface area contributed by atoms with Gasteiger partial charge in [-0.25, -0.2) is 4.79 Å². The van der Waals surface area contributed by atoms with E-state index in [-0.39, 0.29) is 18.2 Å². The summed E-state index contributed by atoms with van der Waals surface area (Å²) in [6, 6.07) is 8.89. The molecule has 0 bridgehead atoms. The lowest BCUT2D eigenvalue weighted by atomic mass is 9.93. The molecule has 7 nitrogen and oxygen atoms in total. The Bertz CT molecular complexity index is 980. The average Bonchev–Trinajstić information content (AvgIpc) is 2.76. The third kappa shape index (κ3) is 5.85. The van der Waals surface area contributed by atoms with E-state index in [1.54, 1.807) is 24.1 Å². The van der Waals surface area contributed by atoms with E-state index >= 15 is 0 Å². The van der Waals surface area contributed by atoms with E-state index in [0.717, 1.165) is 40.8 Å². The molecule has 33 heavy (non-hydrogen) atoms. The summed E-state index contributed by atoms with van der Waals surface area (Å²) < 4.78 is 15.9. The summed E-state index contributed by atoms with van der Waals surface area (Å²) in [4.78, 5) is 27.0. The number of para-hydroxylation sites is 1. The van der Waals surface area contributed by atoms with Crippen LogP contribution in [0.2, 0.25) is 0 Å². The number of rotatable bonds is 7. The van der Waals surface area contributed by atoms with Gasteiger partial charge >= 0.3 is 6.16 Å². The predicted molar refractivity (Wildman–Crippen MR) is 128 cm³/mol. The number of methoxy groups -OCH3 is 1. The number of fused-ring (bicyclic) bond motifs is 1. The smallest absolute Gasteiger partial charge is 0.495 e. The fraction of sp³-hybridized carbons (Fsp3) is 0.462. The van der Waals surface area contributed by atoms with E-state index < -0.39 is 12.2 Å². The molecule has 0 saturated carbocycles. The molecule has 178 valence electrons. The summed E-state index contributed by atoms with van der Waals surface area (Å²) in [5.74, 6) is 1.29. The maximum atomic E-state index is 13.3. The first kappa shape index (κ1) is 24.6. The number of hydrogen-bond acceptors (Lipinski definition) is 6. The number of anilines is 1. The van der Waals surface area contributed by atoms with E-state index in [1.165, 1.54) is 0 Å². The van der Waals surface area contributed by atoms with Crippen LogP contribution in [0.5, 0.6) is 11.5 Å². The minimum atomic E-state index is -0.729. The summed E-state index contributed by atoms with van der Waals surface area (Å²) in [5, 5.41) is 0. The van der Waals surface area contributed by atoms with E-state index in [2.05, 4.69) is 0 Å². The van der Waals surface area contributed by atoms with Crippen molar-refractivity contribution in [3.05, 3.63) is 52.6 Å². The number of amides is 1. The molecule has 1 aliphatic rings. The first-order valence-corrected chi connectivity index (χ1v) is 11.4. The van der Waals surface area contributed by atoms with Gasteiger partial charge in [-0.15, -0.1) is 0 Å². The molecule has 2 aromatic carbocycles. The van der Waals surface area contributed by atoms with Gasteiger partial charge in [-0.3, -0.25) is 4.79 Å². The second-order valence-electron chi connectivity index (χ2n) is 8.96. The Hall–Kier alpha value is -3.06. The van der Waals surface area contributed by atoms with Crippen molar-refractivity contribution < 1.29 is 23.8 Å². The van der Waals surface area contributed by atoms with Gasteiger partial charge in [0.2, 0.25) is 5.91 Å². The zero-order valence-corrected chi connectivity index (χ0v) is 20.1. The molecular formula is C26H34N2O5. The molecule has 1 heterocycles. The van der Waals surface area contributed by atoms with Crippen molar-refractivity contribution in [2.24, 2.45) is 11.7 Å². The second-order valence-corrected chi connectivity index (χ2v) is 8.96. The van der Waals surface area contributed by atoms with Crippen LogP contribution in [0, 0.1) is 19.8 Å². The van der Waals surface area contributed by atoms with Crippen LogP contribution in [0.3, 0.4) is 0 Å². The Morgan fingerprint density at radius 3 is 2.48 bits per heavy atom. The lowest BCUT2D eigenvalue weighted by Gasteiger charge is -2.32. The number of nitrogens with two attached hydrogens (primary N) is 1. The van der Waals surface area contributed by atoms with E-state index in [0.29, 0.717) is 24.7 Å². The molecule has 3 rings (SSSR count). The van der Waals surface area contributed by atoms with Crippen molar-refractivity contribution in [2.45, 2.75) is 53.0 Å². The molecule has 0 aliphatic carbocycles.